The minimum absolute atomic E-state index is 0.0596. The van der Waals surface area contributed by atoms with Crippen molar-refractivity contribution in [2.75, 3.05) is 13.1 Å². The molecule has 3 rings (SSSR count). The second kappa shape index (κ2) is 4.43. The molecule has 0 aromatic carbocycles. The lowest BCUT2D eigenvalue weighted by molar-refractivity contribution is 0.0762. The van der Waals surface area contributed by atoms with Crippen LogP contribution in [0.3, 0.4) is 0 Å². The predicted molar refractivity (Wildman–Crippen MR) is 70.6 cm³/mol. The summed E-state index contributed by atoms with van der Waals surface area (Å²) in [5, 5.41) is 9.45. The third-order valence-electron chi connectivity index (χ3n) is 3.20. The Morgan fingerprint density at radius 2 is 2.37 bits per heavy atom. The molecule has 1 atom stereocenters. The Kier molecular flexibility index (Phi) is 2.87. The first-order valence-electron chi connectivity index (χ1n) is 6.01. The summed E-state index contributed by atoms with van der Waals surface area (Å²) in [4.78, 5) is 31.7. The minimum atomic E-state index is -0.494. The maximum absolute atomic E-state index is 12.2. The molecular formula is C12H13N3O3S. The van der Waals surface area contributed by atoms with Crippen LogP contribution < -0.4 is 5.56 Å². The fraction of sp³-hybridized carbons (Fsp3) is 0.417. The molecule has 6 nitrogen and oxygen atoms in total. The minimum Gasteiger partial charge on any atom is -0.391 e. The van der Waals surface area contributed by atoms with Crippen LogP contribution in [0.25, 0.3) is 4.96 Å². The maximum atomic E-state index is 12.2. The fourth-order valence-corrected chi connectivity index (χ4v) is 3.02. The second-order valence-corrected chi connectivity index (χ2v) is 5.88. The lowest BCUT2D eigenvalue weighted by atomic mass is 10.3. The smallest absolute Gasteiger partial charge is 0.271 e. The maximum Gasteiger partial charge on any atom is 0.271 e. The van der Waals surface area contributed by atoms with Crippen molar-refractivity contribution in [1.82, 2.24) is 14.3 Å². The third-order valence-corrected chi connectivity index (χ3v) is 4.12. The average Bonchev–Trinajstić information content (AvgIpc) is 2.95. The van der Waals surface area contributed by atoms with Crippen molar-refractivity contribution < 1.29 is 9.90 Å². The number of carbonyl (C=O) groups is 1. The van der Waals surface area contributed by atoms with Crippen LogP contribution in [0.2, 0.25) is 0 Å². The van der Waals surface area contributed by atoms with Crippen LogP contribution in [0.1, 0.15) is 21.7 Å². The number of rotatable bonds is 1. The molecule has 7 heteroatoms. The van der Waals surface area contributed by atoms with Crippen LogP contribution in [0.4, 0.5) is 0 Å². The summed E-state index contributed by atoms with van der Waals surface area (Å²) in [6, 6.07) is 0. The van der Waals surface area contributed by atoms with E-state index in [2.05, 4.69) is 4.98 Å². The van der Waals surface area contributed by atoms with E-state index in [-0.39, 0.29) is 23.6 Å². The van der Waals surface area contributed by atoms with E-state index in [0.717, 1.165) is 4.88 Å². The Bertz CT molecular complexity index is 706. The normalized spacial score (nSPS) is 19.3. The first-order valence-corrected chi connectivity index (χ1v) is 6.83. The van der Waals surface area contributed by atoms with E-state index in [9.17, 15) is 14.7 Å². The van der Waals surface area contributed by atoms with Gasteiger partial charge >= 0.3 is 0 Å². The van der Waals surface area contributed by atoms with E-state index in [4.69, 9.17) is 0 Å². The van der Waals surface area contributed by atoms with E-state index in [1.807, 2.05) is 6.92 Å². The number of nitrogens with zero attached hydrogens (tertiary/aromatic N) is 3. The Morgan fingerprint density at radius 1 is 1.58 bits per heavy atom. The van der Waals surface area contributed by atoms with Crippen LogP contribution in [0.5, 0.6) is 0 Å². The van der Waals surface area contributed by atoms with Crippen LogP contribution in [0, 0.1) is 6.92 Å². The number of hydrogen-bond acceptors (Lipinski definition) is 5. The highest BCUT2D eigenvalue weighted by molar-refractivity contribution is 7.16. The molecule has 19 heavy (non-hydrogen) atoms. The van der Waals surface area contributed by atoms with Gasteiger partial charge in [0.1, 0.15) is 5.56 Å². The van der Waals surface area contributed by atoms with Crippen LogP contribution in [-0.2, 0) is 0 Å². The summed E-state index contributed by atoms with van der Waals surface area (Å²) in [6.45, 7) is 2.64. The zero-order chi connectivity index (χ0) is 13.6. The molecule has 1 amide bonds. The molecule has 100 valence electrons. The highest BCUT2D eigenvalue weighted by Gasteiger charge is 2.27. The molecule has 0 radical (unpaired) electrons. The summed E-state index contributed by atoms with van der Waals surface area (Å²) in [5.74, 6) is -0.354. The average molecular weight is 279 g/mol. The number of aryl methyl sites for hydroxylation is 1. The van der Waals surface area contributed by atoms with Gasteiger partial charge < -0.3 is 10.0 Å². The molecule has 2 aromatic rings. The van der Waals surface area contributed by atoms with Crippen molar-refractivity contribution in [3.8, 4) is 0 Å². The number of fused-ring (bicyclic) bond motifs is 1. The number of β-amino-alcohol motifs (C(OH)–C–C–N with tert-alkyl or cyclic N) is 1. The van der Waals surface area contributed by atoms with E-state index in [1.54, 1.807) is 6.20 Å². The van der Waals surface area contributed by atoms with Gasteiger partial charge in [0.25, 0.3) is 11.5 Å². The molecule has 0 unspecified atom stereocenters. The molecule has 0 spiro atoms. The first-order chi connectivity index (χ1) is 9.06. The number of amides is 1. The standard InChI is InChI=1S/C12H13N3O3S/c1-7-5-15-11(18)9(4-13-12(15)19-7)10(17)14-3-2-8(16)6-14/h4-5,8,16H,2-3,6H2,1H3/t8-/m1/s1. The lowest BCUT2D eigenvalue weighted by Crippen LogP contribution is -2.34. The highest BCUT2D eigenvalue weighted by Crippen LogP contribution is 2.15. The third kappa shape index (κ3) is 2.04. The van der Waals surface area contributed by atoms with Gasteiger partial charge in [-0.2, -0.15) is 0 Å². The second-order valence-electron chi connectivity index (χ2n) is 4.67. The van der Waals surface area contributed by atoms with Crippen molar-refractivity contribution in [3.63, 3.8) is 0 Å². The molecule has 1 aliphatic rings. The Morgan fingerprint density at radius 3 is 3.05 bits per heavy atom. The van der Waals surface area contributed by atoms with Gasteiger partial charge in [-0.3, -0.25) is 14.0 Å². The van der Waals surface area contributed by atoms with Gasteiger partial charge in [-0.05, 0) is 13.3 Å². The predicted octanol–water partition coefficient (Wildman–Crippen LogP) is 0.271. The van der Waals surface area contributed by atoms with Crippen LogP contribution >= 0.6 is 11.3 Å². The fourth-order valence-electron chi connectivity index (χ4n) is 2.24. The summed E-state index contributed by atoms with van der Waals surface area (Å²) in [5.41, 5.74) is -0.287. The Hall–Kier alpha value is -1.73. The van der Waals surface area contributed by atoms with Crippen molar-refractivity contribution in [2.45, 2.75) is 19.4 Å². The highest BCUT2D eigenvalue weighted by atomic mass is 32.1. The Balaban J connectivity index is 2.03. The monoisotopic (exact) mass is 279 g/mol. The van der Waals surface area contributed by atoms with Crippen LogP contribution in [0.15, 0.2) is 17.2 Å². The molecule has 0 aliphatic carbocycles. The number of aliphatic hydroxyl groups is 1. The van der Waals surface area contributed by atoms with E-state index in [1.165, 1.54) is 26.8 Å². The van der Waals surface area contributed by atoms with E-state index in [0.29, 0.717) is 17.9 Å². The zero-order valence-electron chi connectivity index (χ0n) is 10.4. The molecule has 0 saturated carbocycles. The van der Waals surface area contributed by atoms with Crippen molar-refractivity contribution in [2.24, 2.45) is 0 Å². The van der Waals surface area contributed by atoms with Crippen LogP contribution in [-0.4, -0.2) is 44.5 Å². The van der Waals surface area contributed by atoms with Gasteiger partial charge in [0.2, 0.25) is 0 Å². The van der Waals surface area contributed by atoms with Gasteiger partial charge in [-0.25, -0.2) is 4.98 Å². The van der Waals surface area contributed by atoms with Crippen molar-refractivity contribution in [3.05, 3.63) is 33.2 Å². The molecule has 3 heterocycles. The molecule has 0 bridgehead atoms. The number of aromatic nitrogens is 2. The lowest BCUT2D eigenvalue weighted by Gasteiger charge is -2.14. The number of carbonyl (C=O) groups excluding carboxylic acids is 1. The number of likely N-dealkylation sites (tertiary alicyclic amines) is 1. The van der Waals surface area contributed by atoms with Gasteiger partial charge in [0, 0.05) is 30.4 Å². The summed E-state index contributed by atoms with van der Waals surface area (Å²) >= 11 is 1.41. The van der Waals surface area contributed by atoms with Gasteiger partial charge in [0.15, 0.2) is 4.96 Å². The summed E-state index contributed by atoms with van der Waals surface area (Å²) < 4.78 is 1.40. The number of hydrogen-bond donors (Lipinski definition) is 1. The van der Waals surface area contributed by atoms with Gasteiger partial charge in [-0.15, -0.1) is 11.3 Å². The molecule has 1 fully saturated rings. The Labute approximate surface area is 112 Å². The van der Waals surface area contributed by atoms with Gasteiger partial charge in [0.05, 0.1) is 6.10 Å². The molecule has 1 saturated heterocycles. The van der Waals surface area contributed by atoms with E-state index >= 15 is 0 Å². The number of aliphatic hydroxyl groups excluding tert-OH is 1. The molecule has 1 N–H and O–H groups in total. The molecule has 2 aromatic heterocycles. The van der Waals surface area contributed by atoms with Crippen molar-refractivity contribution >= 4 is 22.2 Å². The van der Waals surface area contributed by atoms with Crippen molar-refractivity contribution in [1.29, 1.82) is 0 Å². The summed E-state index contributed by atoms with van der Waals surface area (Å²) in [6.07, 6.45) is 3.08. The SMILES string of the molecule is Cc1cn2c(=O)c(C(=O)N3CC[C@@H](O)C3)cnc2s1. The topological polar surface area (TPSA) is 74.9 Å². The molecule has 1 aliphatic heterocycles. The first kappa shape index (κ1) is 12.3. The number of thiazole rings is 1. The largest absolute Gasteiger partial charge is 0.391 e. The quantitative estimate of drug-likeness (QED) is 0.813. The summed E-state index contributed by atoms with van der Waals surface area (Å²) in [7, 11) is 0. The molecular weight excluding hydrogens is 266 g/mol. The van der Waals surface area contributed by atoms with E-state index < -0.39 is 6.10 Å². The van der Waals surface area contributed by atoms with Gasteiger partial charge in [-0.1, -0.05) is 0 Å². The zero-order valence-corrected chi connectivity index (χ0v) is 11.2.